The van der Waals surface area contributed by atoms with Crippen molar-refractivity contribution < 1.29 is 32.2 Å². The van der Waals surface area contributed by atoms with Crippen LogP contribution in [0.3, 0.4) is 0 Å². The highest BCUT2D eigenvalue weighted by Gasteiger charge is 2.31. The maximum absolute atomic E-state index is 12.5. The largest absolute Gasteiger partial charge is 0.573 e. The Labute approximate surface area is 166 Å². The Morgan fingerprint density at radius 1 is 1.03 bits per heavy atom. The van der Waals surface area contributed by atoms with Crippen molar-refractivity contribution >= 4 is 17.5 Å². The van der Waals surface area contributed by atoms with Gasteiger partial charge in [0.2, 0.25) is 5.91 Å². The van der Waals surface area contributed by atoms with Gasteiger partial charge in [0.1, 0.15) is 11.5 Å². The summed E-state index contributed by atoms with van der Waals surface area (Å²) < 4.78 is 45.9. The van der Waals surface area contributed by atoms with E-state index in [0.29, 0.717) is 12.2 Å². The summed E-state index contributed by atoms with van der Waals surface area (Å²) >= 11 is 0. The molecule has 0 spiro atoms. The topological polar surface area (TPSA) is 67.9 Å². The molecular formula is C20H21F3N2O4. The standard InChI is InChI=1S/C20H21F3N2O4/c1-3-17(28-15-7-5-4-6-8-15)19(27)25(2)13-18(26)24-14-9-11-16(12-10-14)29-20(21,22)23/h4-12,17H,3,13H2,1-2H3,(H,24,26)/t17-/m0/s1. The molecule has 0 radical (unpaired) electrons. The molecule has 0 bridgehead atoms. The highest BCUT2D eigenvalue weighted by atomic mass is 19.4. The summed E-state index contributed by atoms with van der Waals surface area (Å²) in [5.41, 5.74) is 0.276. The highest BCUT2D eigenvalue weighted by Crippen LogP contribution is 2.24. The fourth-order valence-corrected chi connectivity index (χ4v) is 2.45. The number of nitrogens with zero attached hydrogens (tertiary/aromatic N) is 1. The Kier molecular flexibility index (Phi) is 7.46. The van der Waals surface area contributed by atoms with Gasteiger partial charge >= 0.3 is 6.36 Å². The Hall–Kier alpha value is -3.23. The number of nitrogens with one attached hydrogen (secondary N) is 1. The van der Waals surface area contributed by atoms with Crippen molar-refractivity contribution in [2.45, 2.75) is 25.8 Å². The van der Waals surface area contributed by atoms with Crippen molar-refractivity contribution in [3.8, 4) is 11.5 Å². The summed E-state index contributed by atoms with van der Waals surface area (Å²) in [6, 6.07) is 13.6. The molecule has 0 saturated carbocycles. The lowest BCUT2D eigenvalue weighted by molar-refractivity contribution is -0.274. The third-order valence-corrected chi connectivity index (χ3v) is 3.80. The Bertz CT molecular complexity index is 811. The van der Waals surface area contributed by atoms with E-state index in [9.17, 15) is 22.8 Å². The van der Waals surface area contributed by atoms with Crippen LogP contribution in [0.15, 0.2) is 54.6 Å². The average molecular weight is 410 g/mol. The van der Waals surface area contributed by atoms with E-state index in [4.69, 9.17) is 4.74 Å². The zero-order valence-electron chi connectivity index (χ0n) is 15.9. The van der Waals surface area contributed by atoms with Crippen LogP contribution < -0.4 is 14.8 Å². The monoisotopic (exact) mass is 410 g/mol. The smallest absolute Gasteiger partial charge is 0.481 e. The minimum atomic E-state index is -4.79. The third-order valence-electron chi connectivity index (χ3n) is 3.80. The first-order chi connectivity index (χ1) is 13.7. The van der Waals surface area contributed by atoms with Crippen LogP contribution in [0.25, 0.3) is 0 Å². The minimum Gasteiger partial charge on any atom is -0.481 e. The van der Waals surface area contributed by atoms with Gasteiger partial charge in [-0.3, -0.25) is 9.59 Å². The molecule has 0 aliphatic rings. The zero-order chi connectivity index (χ0) is 21.4. The molecule has 1 atom stereocenters. The number of likely N-dealkylation sites (N-methyl/N-ethyl adjacent to an activating group) is 1. The Balaban J connectivity index is 1.89. The number of anilines is 1. The predicted octanol–water partition coefficient (Wildman–Crippen LogP) is 3.84. The normalized spacial score (nSPS) is 12.0. The molecule has 0 aliphatic heterocycles. The first-order valence-electron chi connectivity index (χ1n) is 8.80. The molecule has 0 aliphatic carbocycles. The fourth-order valence-electron chi connectivity index (χ4n) is 2.45. The molecule has 2 aromatic rings. The number of carbonyl (C=O) groups is 2. The number of hydrogen-bond acceptors (Lipinski definition) is 4. The number of carbonyl (C=O) groups excluding carboxylic acids is 2. The lowest BCUT2D eigenvalue weighted by Gasteiger charge is -2.23. The van der Waals surface area contributed by atoms with Crippen molar-refractivity contribution in [2.75, 3.05) is 18.9 Å². The van der Waals surface area contributed by atoms with E-state index in [-0.39, 0.29) is 18.1 Å². The van der Waals surface area contributed by atoms with Crippen LogP contribution in [0.5, 0.6) is 11.5 Å². The summed E-state index contributed by atoms with van der Waals surface area (Å²) in [5.74, 6) is -0.710. The molecule has 29 heavy (non-hydrogen) atoms. The number of alkyl halides is 3. The lowest BCUT2D eigenvalue weighted by atomic mass is 10.2. The number of halogens is 3. The van der Waals surface area contributed by atoms with Crippen molar-refractivity contribution in [1.82, 2.24) is 4.90 Å². The van der Waals surface area contributed by atoms with Gasteiger partial charge in [0.25, 0.3) is 5.91 Å². The fraction of sp³-hybridized carbons (Fsp3) is 0.300. The molecular weight excluding hydrogens is 389 g/mol. The van der Waals surface area contributed by atoms with Gasteiger partial charge in [-0.05, 0) is 42.8 Å². The molecule has 2 amide bonds. The molecule has 0 aromatic heterocycles. The maximum atomic E-state index is 12.5. The van der Waals surface area contributed by atoms with Crippen LogP contribution in [0, 0.1) is 0 Å². The molecule has 2 rings (SSSR count). The minimum absolute atomic E-state index is 0.242. The molecule has 0 heterocycles. The van der Waals surface area contributed by atoms with E-state index in [0.717, 1.165) is 12.1 Å². The van der Waals surface area contributed by atoms with Crippen LogP contribution in [-0.2, 0) is 9.59 Å². The van der Waals surface area contributed by atoms with Crippen LogP contribution in [0.2, 0.25) is 0 Å². The van der Waals surface area contributed by atoms with Crippen LogP contribution in [-0.4, -0.2) is 42.8 Å². The van der Waals surface area contributed by atoms with Crippen LogP contribution >= 0.6 is 0 Å². The molecule has 0 unspecified atom stereocenters. The summed E-state index contributed by atoms with van der Waals surface area (Å²) in [7, 11) is 1.47. The van der Waals surface area contributed by atoms with E-state index in [1.165, 1.54) is 24.1 Å². The molecule has 1 N–H and O–H groups in total. The summed E-state index contributed by atoms with van der Waals surface area (Å²) in [6.07, 6.45) is -5.11. The molecule has 2 aromatic carbocycles. The summed E-state index contributed by atoms with van der Waals surface area (Å²) in [5, 5.41) is 2.51. The van der Waals surface area contributed by atoms with Gasteiger partial charge in [-0.2, -0.15) is 0 Å². The molecule has 156 valence electrons. The van der Waals surface area contributed by atoms with E-state index >= 15 is 0 Å². The number of hydrogen-bond donors (Lipinski definition) is 1. The third kappa shape index (κ3) is 7.36. The number of para-hydroxylation sites is 1. The van der Waals surface area contributed by atoms with Crippen molar-refractivity contribution in [3.63, 3.8) is 0 Å². The van der Waals surface area contributed by atoms with Gasteiger partial charge < -0.3 is 19.7 Å². The van der Waals surface area contributed by atoms with Crippen molar-refractivity contribution in [3.05, 3.63) is 54.6 Å². The Morgan fingerprint density at radius 3 is 2.21 bits per heavy atom. The average Bonchev–Trinajstić information content (AvgIpc) is 2.66. The van der Waals surface area contributed by atoms with Crippen molar-refractivity contribution in [2.24, 2.45) is 0 Å². The second-order valence-electron chi connectivity index (χ2n) is 6.14. The first kappa shape index (κ1) is 22.1. The quantitative estimate of drug-likeness (QED) is 0.718. The van der Waals surface area contributed by atoms with E-state index in [1.807, 2.05) is 6.07 Å². The van der Waals surface area contributed by atoms with Gasteiger partial charge in [-0.1, -0.05) is 25.1 Å². The molecule has 0 saturated heterocycles. The number of amides is 2. The van der Waals surface area contributed by atoms with Crippen molar-refractivity contribution in [1.29, 1.82) is 0 Å². The van der Waals surface area contributed by atoms with Gasteiger partial charge in [-0.25, -0.2) is 0 Å². The number of ether oxygens (including phenoxy) is 2. The second kappa shape index (κ2) is 9.81. The lowest BCUT2D eigenvalue weighted by Crippen LogP contribution is -2.43. The molecule has 9 heteroatoms. The zero-order valence-corrected chi connectivity index (χ0v) is 15.9. The van der Waals surface area contributed by atoms with Gasteiger partial charge in [-0.15, -0.1) is 13.2 Å². The summed E-state index contributed by atoms with van der Waals surface area (Å²) in [4.78, 5) is 25.9. The second-order valence-corrected chi connectivity index (χ2v) is 6.14. The SMILES string of the molecule is CC[C@H](Oc1ccccc1)C(=O)N(C)CC(=O)Nc1ccc(OC(F)(F)F)cc1. The van der Waals surface area contributed by atoms with E-state index in [2.05, 4.69) is 10.1 Å². The number of rotatable bonds is 8. The van der Waals surface area contributed by atoms with E-state index in [1.54, 1.807) is 31.2 Å². The van der Waals surface area contributed by atoms with Gasteiger partial charge in [0.15, 0.2) is 6.10 Å². The Morgan fingerprint density at radius 2 is 1.66 bits per heavy atom. The first-order valence-corrected chi connectivity index (χ1v) is 8.80. The maximum Gasteiger partial charge on any atom is 0.573 e. The molecule has 6 nitrogen and oxygen atoms in total. The van der Waals surface area contributed by atoms with Gasteiger partial charge in [0.05, 0.1) is 6.54 Å². The highest BCUT2D eigenvalue weighted by molar-refractivity contribution is 5.95. The van der Waals surface area contributed by atoms with E-state index < -0.39 is 24.1 Å². The van der Waals surface area contributed by atoms with Gasteiger partial charge in [0, 0.05) is 12.7 Å². The van der Waals surface area contributed by atoms with Crippen LogP contribution in [0.4, 0.5) is 18.9 Å². The predicted molar refractivity (Wildman–Crippen MR) is 101 cm³/mol. The van der Waals surface area contributed by atoms with Crippen LogP contribution in [0.1, 0.15) is 13.3 Å². The molecule has 0 fully saturated rings. The number of benzene rings is 2. The summed E-state index contributed by atoms with van der Waals surface area (Å²) in [6.45, 7) is 1.55.